The second-order valence-corrected chi connectivity index (χ2v) is 4.09. The number of benzene rings is 2. The van der Waals surface area contributed by atoms with Crippen molar-refractivity contribution >= 4 is 17.4 Å². The summed E-state index contributed by atoms with van der Waals surface area (Å²) in [6.07, 6.45) is 0. The van der Waals surface area contributed by atoms with Crippen LogP contribution >= 0.6 is 11.6 Å². The van der Waals surface area contributed by atoms with Crippen LogP contribution < -0.4 is 0 Å². The van der Waals surface area contributed by atoms with Crippen LogP contribution in [0.1, 0.15) is 21.5 Å². The summed E-state index contributed by atoms with van der Waals surface area (Å²) in [4.78, 5) is 12.2. The maximum Gasteiger partial charge on any atom is 0.193 e. The van der Waals surface area contributed by atoms with Gasteiger partial charge in [-0.2, -0.15) is 0 Å². The molecule has 0 aliphatic rings. The Morgan fingerprint density at radius 1 is 1.06 bits per heavy atom. The standard InChI is InChI=1S/C14H11ClO2/c15-12-7-5-10(6-8-12)14(17)13-4-2-1-3-11(13)9-16/h1-8,16H,9H2. The van der Waals surface area contributed by atoms with Gasteiger partial charge in [0, 0.05) is 16.1 Å². The number of aliphatic hydroxyl groups excluding tert-OH is 1. The van der Waals surface area contributed by atoms with Crippen molar-refractivity contribution in [1.29, 1.82) is 0 Å². The molecule has 0 fully saturated rings. The molecule has 2 nitrogen and oxygen atoms in total. The van der Waals surface area contributed by atoms with Crippen LogP contribution in [-0.2, 0) is 6.61 Å². The van der Waals surface area contributed by atoms with Gasteiger partial charge < -0.3 is 5.11 Å². The Morgan fingerprint density at radius 3 is 2.35 bits per heavy atom. The Kier molecular flexibility index (Phi) is 3.57. The van der Waals surface area contributed by atoms with Gasteiger partial charge in [-0.05, 0) is 29.8 Å². The number of hydrogen-bond acceptors (Lipinski definition) is 2. The first-order valence-corrected chi connectivity index (χ1v) is 5.59. The number of hydrogen-bond donors (Lipinski definition) is 1. The first kappa shape index (κ1) is 11.8. The van der Waals surface area contributed by atoms with E-state index in [1.807, 2.05) is 0 Å². The third-order valence-corrected chi connectivity index (χ3v) is 2.79. The maximum atomic E-state index is 12.2. The highest BCUT2D eigenvalue weighted by Gasteiger charge is 2.12. The highest BCUT2D eigenvalue weighted by molar-refractivity contribution is 6.30. The molecule has 0 radical (unpaired) electrons. The molecule has 3 heteroatoms. The van der Waals surface area contributed by atoms with Gasteiger partial charge in [-0.3, -0.25) is 4.79 Å². The van der Waals surface area contributed by atoms with E-state index in [-0.39, 0.29) is 12.4 Å². The molecule has 0 saturated carbocycles. The van der Waals surface area contributed by atoms with Gasteiger partial charge in [-0.15, -0.1) is 0 Å². The summed E-state index contributed by atoms with van der Waals surface area (Å²) in [5, 5.41) is 9.78. The van der Waals surface area contributed by atoms with Gasteiger partial charge in [-0.1, -0.05) is 35.9 Å². The van der Waals surface area contributed by atoms with Crippen LogP contribution in [0.15, 0.2) is 48.5 Å². The smallest absolute Gasteiger partial charge is 0.193 e. The molecule has 0 unspecified atom stereocenters. The Labute approximate surface area is 104 Å². The topological polar surface area (TPSA) is 37.3 Å². The van der Waals surface area contributed by atoms with Gasteiger partial charge >= 0.3 is 0 Å². The summed E-state index contributed by atoms with van der Waals surface area (Å²) < 4.78 is 0. The van der Waals surface area contributed by atoms with Gasteiger partial charge in [0.2, 0.25) is 0 Å². The first-order chi connectivity index (χ1) is 8.22. The predicted molar refractivity (Wildman–Crippen MR) is 67.2 cm³/mol. The molecule has 0 saturated heterocycles. The zero-order chi connectivity index (χ0) is 12.3. The summed E-state index contributed by atoms with van der Waals surface area (Å²) in [6.45, 7) is -0.143. The lowest BCUT2D eigenvalue weighted by Gasteiger charge is -2.06. The normalized spacial score (nSPS) is 10.2. The second-order valence-electron chi connectivity index (χ2n) is 3.65. The van der Waals surface area contributed by atoms with E-state index < -0.39 is 0 Å². The lowest BCUT2D eigenvalue weighted by atomic mass is 9.99. The van der Waals surface area contributed by atoms with Crippen LogP contribution in [0.2, 0.25) is 5.02 Å². The fraction of sp³-hybridized carbons (Fsp3) is 0.0714. The number of carbonyl (C=O) groups is 1. The minimum atomic E-state index is -0.143. The van der Waals surface area contributed by atoms with Crippen LogP contribution in [0.4, 0.5) is 0 Å². The van der Waals surface area contributed by atoms with Crippen LogP contribution in [0.3, 0.4) is 0 Å². The molecule has 0 heterocycles. The molecule has 0 aromatic heterocycles. The molecular formula is C14H11ClO2. The molecule has 0 aliphatic carbocycles. The van der Waals surface area contributed by atoms with Crippen molar-refractivity contribution in [3.05, 3.63) is 70.2 Å². The SMILES string of the molecule is O=C(c1ccc(Cl)cc1)c1ccccc1CO. The van der Waals surface area contributed by atoms with Crippen LogP contribution in [-0.4, -0.2) is 10.9 Å². The van der Waals surface area contributed by atoms with Gasteiger partial charge in [0.05, 0.1) is 6.61 Å². The quantitative estimate of drug-likeness (QED) is 0.846. The first-order valence-electron chi connectivity index (χ1n) is 5.21. The number of aliphatic hydroxyl groups is 1. The number of carbonyl (C=O) groups excluding carboxylic acids is 1. The van der Waals surface area contributed by atoms with Crippen molar-refractivity contribution in [3.8, 4) is 0 Å². The molecule has 0 atom stereocenters. The van der Waals surface area contributed by atoms with Crippen molar-refractivity contribution in [2.75, 3.05) is 0 Å². The number of rotatable bonds is 3. The zero-order valence-electron chi connectivity index (χ0n) is 9.06. The maximum absolute atomic E-state index is 12.2. The average Bonchev–Trinajstić information content (AvgIpc) is 2.39. The van der Waals surface area contributed by atoms with Gasteiger partial charge in [-0.25, -0.2) is 0 Å². The number of ketones is 1. The Bertz CT molecular complexity index is 532. The molecule has 0 bridgehead atoms. The Morgan fingerprint density at radius 2 is 1.71 bits per heavy atom. The molecule has 0 amide bonds. The van der Waals surface area contributed by atoms with Crippen LogP contribution in [0, 0.1) is 0 Å². The van der Waals surface area contributed by atoms with Gasteiger partial charge in [0.25, 0.3) is 0 Å². The largest absolute Gasteiger partial charge is 0.392 e. The van der Waals surface area contributed by atoms with Crippen molar-refractivity contribution in [2.24, 2.45) is 0 Å². The minimum Gasteiger partial charge on any atom is -0.392 e. The third kappa shape index (κ3) is 2.54. The van der Waals surface area contributed by atoms with Crippen molar-refractivity contribution in [3.63, 3.8) is 0 Å². The molecule has 0 aliphatic heterocycles. The zero-order valence-corrected chi connectivity index (χ0v) is 9.82. The summed E-state index contributed by atoms with van der Waals surface area (Å²) >= 11 is 5.77. The lowest BCUT2D eigenvalue weighted by molar-refractivity contribution is 0.103. The van der Waals surface area contributed by atoms with Crippen LogP contribution in [0.25, 0.3) is 0 Å². The minimum absolute atomic E-state index is 0.105. The highest BCUT2D eigenvalue weighted by Crippen LogP contribution is 2.16. The fourth-order valence-electron chi connectivity index (χ4n) is 1.64. The predicted octanol–water partition coefficient (Wildman–Crippen LogP) is 3.06. The molecule has 1 N–H and O–H groups in total. The average molecular weight is 247 g/mol. The van der Waals surface area contributed by atoms with Crippen LogP contribution in [0.5, 0.6) is 0 Å². The van der Waals surface area contributed by atoms with E-state index in [0.717, 1.165) is 0 Å². The second kappa shape index (κ2) is 5.13. The van der Waals surface area contributed by atoms with Crippen molar-refractivity contribution in [1.82, 2.24) is 0 Å². The lowest BCUT2D eigenvalue weighted by Crippen LogP contribution is -2.05. The molecule has 2 aromatic rings. The van der Waals surface area contributed by atoms with Crippen molar-refractivity contribution in [2.45, 2.75) is 6.61 Å². The molecule has 2 rings (SSSR count). The van der Waals surface area contributed by atoms with Crippen molar-refractivity contribution < 1.29 is 9.90 Å². The monoisotopic (exact) mass is 246 g/mol. The summed E-state index contributed by atoms with van der Waals surface area (Å²) in [7, 11) is 0. The van der Waals surface area contributed by atoms with Gasteiger partial charge in [0.1, 0.15) is 0 Å². The van der Waals surface area contributed by atoms with E-state index in [2.05, 4.69) is 0 Å². The van der Waals surface area contributed by atoms with E-state index in [4.69, 9.17) is 11.6 Å². The Hall–Kier alpha value is -1.64. The molecule has 17 heavy (non-hydrogen) atoms. The van der Waals surface area contributed by atoms with Gasteiger partial charge in [0.15, 0.2) is 5.78 Å². The summed E-state index contributed by atoms with van der Waals surface area (Å²) in [6, 6.07) is 13.7. The fourth-order valence-corrected chi connectivity index (χ4v) is 1.76. The summed E-state index contributed by atoms with van der Waals surface area (Å²) in [5.74, 6) is -0.105. The van der Waals surface area contributed by atoms with E-state index >= 15 is 0 Å². The molecule has 0 spiro atoms. The molecule has 2 aromatic carbocycles. The highest BCUT2D eigenvalue weighted by atomic mass is 35.5. The van der Waals surface area contributed by atoms with E-state index in [1.54, 1.807) is 48.5 Å². The Balaban J connectivity index is 2.40. The summed E-state index contributed by atoms with van der Waals surface area (Å²) in [5.41, 5.74) is 1.72. The van der Waals surface area contributed by atoms with E-state index in [9.17, 15) is 9.90 Å². The van der Waals surface area contributed by atoms with E-state index in [0.29, 0.717) is 21.7 Å². The molecular weight excluding hydrogens is 236 g/mol. The van der Waals surface area contributed by atoms with E-state index in [1.165, 1.54) is 0 Å². The third-order valence-electron chi connectivity index (χ3n) is 2.54. The number of halogens is 1. The molecule has 86 valence electrons.